The smallest absolute Gasteiger partial charge is 0.240 e. The second-order valence-corrected chi connectivity index (χ2v) is 11.1. The van der Waals surface area contributed by atoms with Crippen LogP contribution < -0.4 is 5.32 Å². The van der Waals surface area contributed by atoms with Gasteiger partial charge in [-0.05, 0) is 60.6 Å². The van der Waals surface area contributed by atoms with Crippen LogP contribution in [-0.2, 0) is 22.6 Å². The van der Waals surface area contributed by atoms with Crippen molar-refractivity contribution in [1.29, 1.82) is 0 Å². The number of aliphatic hydroxyl groups is 2. The van der Waals surface area contributed by atoms with E-state index in [1.165, 1.54) is 11.1 Å². The van der Waals surface area contributed by atoms with E-state index in [0.717, 1.165) is 34.7 Å². The molecule has 2 unspecified atom stereocenters. The summed E-state index contributed by atoms with van der Waals surface area (Å²) in [5, 5.41) is 25.9. The molecular formula is C32H36ClN3O4. The largest absolute Gasteiger partial charge is 0.396 e. The number of halogens is 1. The number of allylic oxidation sites excluding steroid dienone is 10. The van der Waals surface area contributed by atoms with Gasteiger partial charge in [0, 0.05) is 29.6 Å². The molecule has 210 valence electrons. The van der Waals surface area contributed by atoms with Gasteiger partial charge >= 0.3 is 0 Å². The Labute approximate surface area is 240 Å². The number of hydrogen-bond acceptors (Lipinski definition) is 6. The lowest BCUT2D eigenvalue weighted by Gasteiger charge is -2.24. The Bertz CT molecular complexity index is 1310. The number of carbonyl (C=O) groups excluding carboxylic acids is 1. The number of aliphatic imine (C=N–C) groups is 1. The monoisotopic (exact) mass is 561 g/mol. The van der Waals surface area contributed by atoms with Gasteiger partial charge in [-0.1, -0.05) is 72.3 Å². The molecule has 0 spiro atoms. The highest BCUT2D eigenvalue weighted by Gasteiger charge is 2.48. The van der Waals surface area contributed by atoms with E-state index in [4.69, 9.17) is 16.4 Å². The summed E-state index contributed by atoms with van der Waals surface area (Å²) in [6, 6.07) is 7.47. The van der Waals surface area contributed by atoms with Crippen molar-refractivity contribution < 1.29 is 19.8 Å². The molecule has 2 aliphatic carbocycles. The Morgan fingerprint density at radius 2 is 2.02 bits per heavy atom. The van der Waals surface area contributed by atoms with Crippen LogP contribution in [0.1, 0.15) is 30.9 Å². The number of rotatable bonds is 10. The van der Waals surface area contributed by atoms with Crippen LogP contribution in [0.5, 0.6) is 0 Å². The van der Waals surface area contributed by atoms with Gasteiger partial charge in [0.2, 0.25) is 5.91 Å². The minimum absolute atomic E-state index is 0.173. The van der Waals surface area contributed by atoms with Crippen LogP contribution in [0.15, 0.2) is 100 Å². The van der Waals surface area contributed by atoms with E-state index in [1.54, 1.807) is 12.0 Å². The minimum Gasteiger partial charge on any atom is -0.396 e. The molecule has 4 aliphatic rings. The number of hydrogen-bond donors (Lipinski definition) is 3. The third kappa shape index (κ3) is 6.62. The Morgan fingerprint density at radius 1 is 1.23 bits per heavy atom. The summed E-state index contributed by atoms with van der Waals surface area (Å²) in [5.41, 5.74) is 5.56. The maximum atomic E-state index is 13.4. The van der Waals surface area contributed by atoms with Crippen molar-refractivity contribution >= 4 is 23.2 Å². The molecule has 0 bridgehead atoms. The number of hydroxylamine groups is 2. The Kier molecular flexibility index (Phi) is 9.29. The van der Waals surface area contributed by atoms with Gasteiger partial charge in [-0.2, -0.15) is 5.06 Å². The lowest BCUT2D eigenvalue weighted by Crippen LogP contribution is -2.47. The van der Waals surface area contributed by atoms with Crippen molar-refractivity contribution in [3.8, 4) is 0 Å². The summed E-state index contributed by atoms with van der Waals surface area (Å²) in [6.45, 7) is 2.16. The molecule has 0 radical (unpaired) electrons. The summed E-state index contributed by atoms with van der Waals surface area (Å²) in [7, 11) is 0. The SMILES string of the molecule is C[C@@H](O)[C@H]1ON(Cc2ccc(C/C=C3/C=CC(Cl)=CC3)cc2)C(C(=O)NCCC2=CN=C3C=CC=CC23)[C@H]1CO. The van der Waals surface area contributed by atoms with Gasteiger partial charge in [0.1, 0.15) is 12.1 Å². The van der Waals surface area contributed by atoms with Crippen LogP contribution in [-0.4, -0.2) is 58.3 Å². The number of fused-ring (bicyclic) bond motifs is 1. The first-order valence-electron chi connectivity index (χ1n) is 13.8. The van der Waals surface area contributed by atoms with E-state index < -0.39 is 24.2 Å². The molecule has 1 fully saturated rings. The Balaban J connectivity index is 1.20. The van der Waals surface area contributed by atoms with E-state index in [2.05, 4.69) is 34.6 Å². The Hall–Kier alpha value is -3.07. The van der Waals surface area contributed by atoms with Crippen LogP contribution in [0.2, 0.25) is 0 Å². The lowest BCUT2D eigenvalue weighted by molar-refractivity contribution is -0.192. The highest BCUT2D eigenvalue weighted by Crippen LogP contribution is 2.32. The zero-order valence-electron chi connectivity index (χ0n) is 22.6. The van der Waals surface area contributed by atoms with E-state index in [1.807, 2.05) is 54.8 Å². The quantitative estimate of drug-likeness (QED) is 0.396. The van der Waals surface area contributed by atoms with Crippen molar-refractivity contribution in [2.24, 2.45) is 16.8 Å². The molecular weight excluding hydrogens is 526 g/mol. The maximum absolute atomic E-state index is 13.4. The first kappa shape index (κ1) is 28.5. The molecule has 1 saturated heterocycles. The van der Waals surface area contributed by atoms with E-state index in [0.29, 0.717) is 19.5 Å². The fourth-order valence-corrected chi connectivity index (χ4v) is 5.70. The van der Waals surface area contributed by atoms with Crippen molar-refractivity contribution in [1.82, 2.24) is 10.4 Å². The van der Waals surface area contributed by atoms with Gasteiger partial charge in [0.05, 0.1) is 25.0 Å². The van der Waals surface area contributed by atoms with Crippen molar-refractivity contribution in [3.63, 3.8) is 0 Å². The van der Waals surface area contributed by atoms with Crippen molar-refractivity contribution in [3.05, 3.63) is 106 Å². The lowest BCUT2D eigenvalue weighted by atomic mass is 9.90. The number of nitrogens with one attached hydrogen (secondary N) is 1. The summed E-state index contributed by atoms with van der Waals surface area (Å²) in [6.07, 6.45) is 19.0. The van der Waals surface area contributed by atoms with E-state index in [-0.39, 0.29) is 18.4 Å². The molecule has 8 heteroatoms. The first-order valence-corrected chi connectivity index (χ1v) is 14.2. The van der Waals surface area contributed by atoms with Crippen LogP contribution in [0.4, 0.5) is 0 Å². The topological polar surface area (TPSA) is 94.4 Å². The molecule has 2 aliphatic heterocycles. The molecule has 40 heavy (non-hydrogen) atoms. The fourth-order valence-electron chi connectivity index (χ4n) is 5.56. The maximum Gasteiger partial charge on any atom is 0.240 e. The standard InChI is InChI=1S/C32H36ClN3O4/c1-21(38)31-28(20-37)30(32(39)34-17-16-25-18-35-29-5-3-2-4-27(25)29)36(40-31)19-24-10-8-22(9-11-24)6-7-23-12-14-26(33)15-13-23/h2-5,7-12,14-15,18,21,27-28,30-31,37-38H,6,13,16-17,19-20H2,1H3,(H,34,39)/b23-7-/t21-,27?,28-,30?,31-/m1/s1. The average Bonchev–Trinajstić information content (AvgIpc) is 3.55. The zero-order chi connectivity index (χ0) is 28.1. The molecule has 1 aromatic carbocycles. The van der Waals surface area contributed by atoms with Crippen molar-refractivity contribution in [2.45, 2.75) is 51.0 Å². The highest BCUT2D eigenvalue weighted by atomic mass is 35.5. The van der Waals surface area contributed by atoms with Gasteiger partial charge in [0.15, 0.2) is 0 Å². The fraction of sp³-hybridized carbons (Fsp3) is 0.375. The van der Waals surface area contributed by atoms with Gasteiger partial charge in [-0.25, -0.2) is 0 Å². The molecule has 5 rings (SSSR count). The summed E-state index contributed by atoms with van der Waals surface area (Å²) in [5.74, 6) is -0.602. The number of nitrogens with zero attached hydrogens (tertiary/aromatic N) is 2. The number of benzene rings is 1. The summed E-state index contributed by atoms with van der Waals surface area (Å²) >= 11 is 6.00. The molecule has 0 aromatic heterocycles. The Morgan fingerprint density at radius 3 is 2.75 bits per heavy atom. The third-order valence-electron chi connectivity index (χ3n) is 7.79. The van der Waals surface area contributed by atoms with Crippen LogP contribution in [0.3, 0.4) is 0 Å². The van der Waals surface area contributed by atoms with Crippen molar-refractivity contribution in [2.75, 3.05) is 13.2 Å². The van der Waals surface area contributed by atoms with Crippen LogP contribution in [0, 0.1) is 11.8 Å². The molecule has 2 heterocycles. The first-order chi connectivity index (χ1) is 19.4. The van der Waals surface area contributed by atoms with Crippen LogP contribution >= 0.6 is 11.6 Å². The van der Waals surface area contributed by atoms with Gasteiger partial charge in [0.25, 0.3) is 0 Å². The van der Waals surface area contributed by atoms with Crippen LogP contribution in [0.25, 0.3) is 0 Å². The minimum atomic E-state index is -0.836. The number of amides is 1. The molecule has 3 N–H and O–H groups in total. The number of aliphatic hydroxyl groups excluding tert-OH is 2. The van der Waals surface area contributed by atoms with E-state index >= 15 is 0 Å². The molecule has 1 amide bonds. The summed E-state index contributed by atoms with van der Waals surface area (Å²) < 4.78 is 0. The molecule has 1 aromatic rings. The van der Waals surface area contributed by atoms with Gasteiger partial charge in [-0.15, -0.1) is 0 Å². The zero-order valence-corrected chi connectivity index (χ0v) is 23.4. The predicted molar refractivity (Wildman–Crippen MR) is 157 cm³/mol. The van der Waals surface area contributed by atoms with Gasteiger partial charge in [-0.3, -0.25) is 14.6 Å². The number of carbonyl (C=O) groups is 1. The van der Waals surface area contributed by atoms with Gasteiger partial charge < -0.3 is 15.5 Å². The highest BCUT2D eigenvalue weighted by molar-refractivity contribution is 6.31. The average molecular weight is 562 g/mol. The normalized spacial score (nSPS) is 27.4. The molecule has 0 saturated carbocycles. The molecule has 5 atom stereocenters. The second kappa shape index (κ2) is 13.1. The third-order valence-corrected chi connectivity index (χ3v) is 8.07. The second-order valence-electron chi connectivity index (χ2n) is 10.6. The molecule has 7 nitrogen and oxygen atoms in total. The predicted octanol–water partition coefficient (Wildman–Crippen LogP) is 4.30. The summed E-state index contributed by atoms with van der Waals surface area (Å²) in [4.78, 5) is 24.0. The van der Waals surface area contributed by atoms with E-state index in [9.17, 15) is 15.0 Å².